The molecule has 0 saturated heterocycles. The maximum Gasteiger partial charge on any atom is 0.0714 e. The minimum absolute atomic E-state index is 0.568. The number of benzene rings is 9. The summed E-state index contributed by atoms with van der Waals surface area (Å²) in [5, 5.41) is 2.59. The van der Waals surface area contributed by atoms with Gasteiger partial charge in [-0.15, -0.1) is 0 Å². The molecule has 0 bridgehead atoms. The Balaban J connectivity index is 1.13. The minimum Gasteiger partial charge on any atom is -0.341 e. The summed E-state index contributed by atoms with van der Waals surface area (Å²) in [7, 11) is 0. The van der Waals surface area contributed by atoms with E-state index < -0.39 is 5.41 Å². The van der Waals surface area contributed by atoms with E-state index in [-0.39, 0.29) is 0 Å². The molecule has 2 heteroatoms. The lowest BCUT2D eigenvalue weighted by atomic mass is 9.67. The fourth-order valence-corrected chi connectivity index (χ4v) is 9.83. The quantitative estimate of drug-likeness (QED) is 0.150. The van der Waals surface area contributed by atoms with Crippen molar-refractivity contribution in [2.24, 2.45) is 0 Å². The van der Waals surface area contributed by atoms with Gasteiger partial charge in [0, 0.05) is 45.4 Å². The predicted molar refractivity (Wildman–Crippen MR) is 248 cm³/mol. The first-order chi connectivity index (χ1) is 29.2. The zero-order valence-electron chi connectivity index (χ0n) is 33.0. The number of nitrogens with zero attached hydrogens (tertiary/aromatic N) is 2. The number of aryl methyl sites for hydroxylation is 1. The molecule has 1 aliphatic carbocycles. The second kappa shape index (κ2) is 14.2. The van der Waals surface area contributed by atoms with Crippen molar-refractivity contribution >= 4 is 38.9 Å². The van der Waals surface area contributed by atoms with E-state index >= 15 is 0 Å². The van der Waals surface area contributed by atoms with Crippen LogP contribution < -0.4 is 4.90 Å². The monoisotopic (exact) mass is 754 g/mol. The van der Waals surface area contributed by atoms with E-state index in [0.29, 0.717) is 0 Å². The van der Waals surface area contributed by atoms with Crippen LogP contribution in [0.2, 0.25) is 0 Å². The molecule has 11 rings (SSSR count). The van der Waals surface area contributed by atoms with Gasteiger partial charge in [-0.1, -0.05) is 164 Å². The molecule has 10 aromatic rings. The maximum absolute atomic E-state index is 2.48. The highest BCUT2D eigenvalue weighted by Gasteiger charge is 2.46. The van der Waals surface area contributed by atoms with Crippen molar-refractivity contribution in [2.45, 2.75) is 18.9 Å². The third-order valence-electron chi connectivity index (χ3n) is 12.5. The van der Waals surface area contributed by atoms with Gasteiger partial charge < -0.3 is 9.47 Å². The molecule has 0 aliphatic heterocycles. The van der Waals surface area contributed by atoms with Crippen molar-refractivity contribution in [2.75, 3.05) is 4.90 Å². The van der Waals surface area contributed by atoms with E-state index in [1.165, 1.54) is 77.4 Å². The van der Waals surface area contributed by atoms with E-state index in [9.17, 15) is 0 Å². The lowest BCUT2D eigenvalue weighted by Gasteiger charge is -2.35. The number of para-hydroxylation sites is 2. The van der Waals surface area contributed by atoms with Crippen molar-refractivity contribution in [3.63, 3.8) is 0 Å². The molecule has 9 aromatic carbocycles. The molecule has 0 saturated carbocycles. The number of hydrogen-bond acceptors (Lipinski definition) is 1. The SMILES string of the molecule is CCn1c2ccccc2c2cc(-c3ccc4c(c3)C(c3ccccc3)(c3ccccc3)c3cc(N(c5ccccc5)c5ccc(-c6ccccc6)cc5)ccc3-4)ccc21. The topological polar surface area (TPSA) is 8.17 Å². The first-order valence-corrected chi connectivity index (χ1v) is 20.6. The Labute approximate surface area is 345 Å². The number of aromatic nitrogens is 1. The van der Waals surface area contributed by atoms with E-state index in [2.05, 4.69) is 241 Å². The summed E-state index contributed by atoms with van der Waals surface area (Å²) >= 11 is 0. The fourth-order valence-electron chi connectivity index (χ4n) is 9.83. The Kier molecular flexibility index (Phi) is 8.37. The Hall–Kier alpha value is -7.42. The Morgan fingerprint density at radius 2 is 0.847 bits per heavy atom. The molecule has 1 heterocycles. The summed E-state index contributed by atoms with van der Waals surface area (Å²) in [5.74, 6) is 0. The van der Waals surface area contributed by atoms with E-state index in [0.717, 1.165) is 23.6 Å². The van der Waals surface area contributed by atoms with Crippen LogP contribution in [0, 0.1) is 0 Å². The van der Waals surface area contributed by atoms with Gasteiger partial charge in [0.2, 0.25) is 0 Å². The van der Waals surface area contributed by atoms with Crippen LogP contribution in [0.3, 0.4) is 0 Å². The van der Waals surface area contributed by atoms with Gasteiger partial charge in [0.1, 0.15) is 0 Å². The second-order valence-electron chi connectivity index (χ2n) is 15.5. The van der Waals surface area contributed by atoms with Gasteiger partial charge in [0.25, 0.3) is 0 Å². The van der Waals surface area contributed by atoms with Crippen molar-refractivity contribution in [3.8, 4) is 33.4 Å². The van der Waals surface area contributed by atoms with Crippen LogP contribution in [0.25, 0.3) is 55.2 Å². The van der Waals surface area contributed by atoms with Gasteiger partial charge in [-0.2, -0.15) is 0 Å². The van der Waals surface area contributed by atoms with Gasteiger partial charge in [-0.3, -0.25) is 0 Å². The number of hydrogen-bond donors (Lipinski definition) is 0. The lowest BCUT2D eigenvalue weighted by Crippen LogP contribution is -2.28. The molecule has 0 fully saturated rings. The fraction of sp³-hybridized carbons (Fsp3) is 0.0526. The molecule has 0 atom stereocenters. The van der Waals surface area contributed by atoms with Crippen LogP contribution in [-0.4, -0.2) is 4.57 Å². The molecule has 280 valence electrons. The highest BCUT2D eigenvalue weighted by atomic mass is 15.1. The van der Waals surface area contributed by atoms with E-state index in [1.54, 1.807) is 0 Å². The average molecular weight is 755 g/mol. The van der Waals surface area contributed by atoms with Crippen molar-refractivity contribution in [3.05, 3.63) is 247 Å². The molecule has 0 spiro atoms. The number of anilines is 3. The van der Waals surface area contributed by atoms with Crippen molar-refractivity contribution in [1.29, 1.82) is 0 Å². The summed E-state index contributed by atoms with van der Waals surface area (Å²) < 4.78 is 2.43. The molecular weight excluding hydrogens is 713 g/mol. The normalized spacial score (nSPS) is 12.7. The van der Waals surface area contributed by atoms with E-state index in [1.807, 2.05) is 0 Å². The molecule has 1 aliphatic rings. The van der Waals surface area contributed by atoms with Crippen LogP contribution in [0.15, 0.2) is 224 Å². The Morgan fingerprint density at radius 1 is 0.373 bits per heavy atom. The smallest absolute Gasteiger partial charge is 0.0714 e. The molecule has 0 amide bonds. The Morgan fingerprint density at radius 3 is 1.53 bits per heavy atom. The van der Waals surface area contributed by atoms with Gasteiger partial charge in [-0.25, -0.2) is 0 Å². The second-order valence-corrected chi connectivity index (χ2v) is 15.5. The zero-order chi connectivity index (χ0) is 39.3. The first kappa shape index (κ1) is 34.8. The standard InChI is InChI=1S/C57H42N2/c1-2-58-55-26-16-15-25-51(55)52-37-42(30-36-56(52)58)43-29-34-49-50-35-33-48(39-54(50)57(53(49)38-43,44-19-9-4-10-20-44)45-21-11-5-12-22-45)59(46-23-13-6-14-24-46)47-31-27-41(28-32-47)40-17-7-3-8-18-40/h3-39H,2H2,1H3. The van der Waals surface area contributed by atoms with Gasteiger partial charge >= 0.3 is 0 Å². The molecular formula is C57H42N2. The molecule has 0 N–H and O–H groups in total. The summed E-state index contributed by atoms with van der Waals surface area (Å²) in [6.07, 6.45) is 0. The zero-order valence-corrected chi connectivity index (χ0v) is 33.0. The third kappa shape index (κ3) is 5.56. The van der Waals surface area contributed by atoms with Crippen LogP contribution in [0.4, 0.5) is 17.1 Å². The van der Waals surface area contributed by atoms with Gasteiger partial charge in [0.05, 0.1) is 5.41 Å². The molecule has 2 nitrogen and oxygen atoms in total. The Bertz CT molecular complexity index is 3070. The lowest BCUT2D eigenvalue weighted by molar-refractivity contribution is 0.768. The molecule has 1 aromatic heterocycles. The summed E-state index contributed by atoms with van der Waals surface area (Å²) in [6, 6.07) is 82.7. The largest absolute Gasteiger partial charge is 0.341 e. The summed E-state index contributed by atoms with van der Waals surface area (Å²) in [6.45, 7) is 3.16. The maximum atomic E-state index is 2.48. The average Bonchev–Trinajstić information content (AvgIpc) is 3.79. The molecule has 0 radical (unpaired) electrons. The minimum atomic E-state index is -0.568. The molecule has 59 heavy (non-hydrogen) atoms. The van der Waals surface area contributed by atoms with Crippen LogP contribution in [0.5, 0.6) is 0 Å². The van der Waals surface area contributed by atoms with Crippen LogP contribution in [-0.2, 0) is 12.0 Å². The van der Waals surface area contributed by atoms with Gasteiger partial charge in [-0.05, 0) is 123 Å². The predicted octanol–water partition coefficient (Wildman–Crippen LogP) is 15.0. The first-order valence-electron chi connectivity index (χ1n) is 20.6. The number of rotatable bonds is 8. The number of fused-ring (bicyclic) bond motifs is 6. The van der Waals surface area contributed by atoms with Crippen LogP contribution in [0.1, 0.15) is 29.2 Å². The third-order valence-corrected chi connectivity index (χ3v) is 12.5. The highest BCUT2D eigenvalue weighted by Crippen LogP contribution is 2.58. The molecule has 0 unspecified atom stereocenters. The highest BCUT2D eigenvalue weighted by molar-refractivity contribution is 6.09. The summed E-state index contributed by atoms with van der Waals surface area (Å²) in [4.78, 5) is 2.40. The van der Waals surface area contributed by atoms with E-state index in [4.69, 9.17) is 0 Å². The van der Waals surface area contributed by atoms with Crippen molar-refractivity contribution in [1.82, 2.24) is 4.57 Å². The summed E-state index contributed by atoms with van der Waals surface area (Å²) in [5.41, 5.74) is 17.8. The van der Waals surface area contributed by atoms with Crippen molar-refractivity contribution < 1.29 is 0 Å². The van der Waals surface area contributed by atoms with Crippen LogP contribution >= 0.6 is 0 Å². The van der Waals surface area contributed by atoms with Gasteiger partial charge in [0.15, 0.2) is 0 Å².